The number of ether oxygens (including phenoxy) is 1. The van der Waals surface area contributed by atoms with Crippen LogP contribution in [0.3, 0.4) is 0 Å². The molecule has 0 radical (unpaired) electrons. The fraction of sp³-hybridized carbons (Fsp3) is 0.643. The van der Waals surface area contributed by atoms with Crippen LogP contribution in [0.25, 0.3) is 0 Å². The maximum absolute atomic E-state index is 10.7. The van der Waals surface area contributed by atoms with Gasteiger partial charge in [-0.25, -0.2) is 14.8 Å². The quantitative estimate of drug-likeness (QED) is 0.723. The van der Waals surface area contributed by atoms with Gasteiger partial charge in [-0.1, -0.05) is 13.8 Å². The average Bonchev–Trinajstić information content (AvgIpc) is 2.45. The number of aliphatic hydroxyl groups is 1. The minimum absolute atomic E-state index is 0.0368. The molecule has 2 rings (SSSR count). The summed E-state index contributed by atoms with van der Waals surface area (Å²) in [5, 5.41) is 22.4. The van der Waals surface area contributed by atoms with Gasteiger partial charge in [0, 0.05) is 25.0 Å². The Morgan fingerprint density at radius 1 is 1.48 bits per heavy atom. The van der Waals surface area contributed by atoms with Crippen molar-refractivity contribution in [1.82, 2.24) is 9.97 Å². The van der Waals surface area contributed by atoms with Crippen LogP contribution in [-0.4, -0.2) is 51.0 Å². The topological polar surface area (TPSA) is 105 Å². The molecule has 2 atom stereocenters. The van der Waals surface area contributed by atoms with Crippen molar-refractivity contribution in [1.29, 1.82) is 0 Å². The summed E-state index contributed by atoms with van der Waals surface area (Å²) in [4.78, 5) is 18.4. The predicted octanol–water partition coefficient (Wildman–Crippen LogP) is 1.15. The molecule has 21 heavy (non-hydrogen) atoms. The molecule has 0 amide bonds. The van der Waals surface area contributed by atoms with Gasteiger partial charge in [0.2, 0.25) is 0 Å². The molecule has 0 spiro atoms. The van der Waals surface area contributed by atoms with Crippen LogP contribution in [0.1, 0.15) is 37.7 Å². The Kier molecular flexibility index (Phi) is 4.15. The first-order valence-corrected chi connectivity index (χ1v) is 6.93. The zero-order valence-corrected chi connectivity index (χ0v) is 12.5. The number of hydrogen-bond acceptors (Lipinski definition) is 6. The molecule has 2 unspecified atom stereocenters. The summed E-state index contributed by atoms with van der Waals surface area (Å²) in [6, 6.07) is 0. The van der Waals surface area contributed by atoms with Gasteiger partial charge in [0.25, 0.3) is 0 Å². The van der Waals surface area contributed by atoms with Gasteiger partial charge in [0.15, 0.2) is 5.69 Å². The standard InChI is InChI=1S/C14H21N3O4/c1-4-21-10-5-14(20,13(10,2)3)8-17-11-7-15-9(6-16-11)12(18)19/h6-7,10,20H,4-5,8H2,1-3H3,(H,16,17)(H,18,19). The molecular weight excluding hydrogens is 274 g/mol. The molecule has 116 valence electrons. The third-order valence-electron chi connectivity index (χ3n) is 4.33. The summed E-state index contributed by atoms with van der Waals surface area (Å²) in [5.74, 6) is -0.684. The highest BCUT2D eigenvalue weighted by atomic mass is 16.5. The molecule has 0 saturated heterocycles. The Hall–Kier alpha value is -1.73. The van der Waals surface area contributed by atoms with E-state index in [1.54, 1.807) is 0 Å². The number of carboxylic acid groups (broad SMARTS) is 1. The summed E-state index contributed by atoms with van der Waals surface area (Å²) < 4.78 is 5.60. The van der Waals surface area contributed by atoms with Crippen LogP contribution >= 0.6 is 0 Å². The van der Waals surface area contributed by atoms with E-state index in [2.05, 4.69) is 15.3 Å². The van der Waals surface area contributed by atoms with Gasteiger partial charge < -0.3 is 20.3 Å². The molecule has 1 aromatic rings. The van der Waals surface area contributed by atoms with E-state index >= 15 is 0 Å². The first-order valence-electron chi connectivity index (χ1n) is 6.93. The van der Waals surface area contributed by atoms with Crippen LogP contribution in [0.2, 0.25) is 0 Å². The Labute approximate surface area is 123 Å². The summed E-state index contributed by atoms with van der Waals surface area (Å²) in [7, 11) is 0. The third kappa shape index (κ3) is 2.84. The number of nitrogens with one attached hydrogen (secondary N) is 1. The monoisotopic (exact) mass is 295 g/mol. The second-order valence-corrected chi connectivity index (χ2v) is 5.85. The largest absolute Gasteiger partial charge is 0.476 e. The molecule has 0 bridgehead atoms. The van der Waals surface area contributed by atoms with Gasteiger partial charge in [-0.05, 0) is 6.92 Å². The first-order chi connectivity index (χ1) is 9.80. The lowest BCUT2D eigenvalue weighted by molar-refractivity contribution is -0.233. The van der Waals surface area contributed by atoms with Crippen LogP contribution in [-0.2, 0) is 4.74 Å². The van der Waals surface area contributed by atoms with Crippen LogP contribution in [0.15, 0.2) is 12.4 Å². The molecule has 0 aromatic carbocycles. The minimum Gasteiger partial charge on any atom is -0.476 e. The Bertz CT molecular complexity index is 517. The van der Waals surface area contributed by atoms with E-state index in [1.165, 1.54) is 12.4 Å². The summed E-state index contributed by atoms with van der Waals surface area (Å²) in [6.07, 6.45) is 3.12. The lowest BCUT2D eigenvalue weighted by atomic mass is 9.56. The molecule has 7 heteroatoms. The van der Waals surface area contributed by atoms with E-state index in [4.69, 9.17) is 9.84 Å². The lowest BCUT2D eigenvalue weighted by Crippen LogP contribution is -2.67. The zero-order chi connectivity index (χ0) is 15.7. The molecular formula is C14H21N3O4. The summed E-state index contributed by atoms with van der Waals surface area (Å²) in [6.45, 7) is 6.81. The van der Waals surface area contributed by atoms with Crippen molar-refractivity contribution in [2.24, 2.45) is 5.41 Å². The average molecular weight is 295 g/mol. The molecule has 1 aromatic heterocycles. The molecule has 1 fully saturated rings. The highest BCUT2D eigenvalue weighted by Crippen LogP contribution is 2.51. The molecule has 7 nitrogen and oxygen atoms in total. The van der Waals surface area contributed by atoms with Gasteiger partial charge in [-0.3, -0.25) is 0 Å². The predicted molar refractivity (Wildman–Crippen MR) is 76.2 cm³/mol. The molecule has 1 heterocycles. The van der Waals surface area contributed by atoms with Crippen molar-refractivity contribution < 1.29 is 19.7 Å². The second kappa shape index (κ2) is 5.57. The van der Waals surface area contributed by atoms with Crippen LogP contribution < -0.4 is 5.32 Å². The molecule has 1 saturated carbocycles. The van der Waals surface area contributed by atoms with Crippen molar-refractivity contribution in [2.75, 3.05) is 18.5 Å². The second-order valence-electron chi connectivity index (χ2n) is 5.85. The van der Waals surface area contributed by atoms with Gasteiger partial charge >= 0.3 is 5.97 Å². The molecule has 1 aliphatic rings. The summed E-state index contributed by atoms with van der Waals surface area (Å²) >= 11 is 0. The molecule has 1 aliphatic carbocycles. The van der Waals surface area contributed by atoms with Crippen LogP contribution in [0, 0.1) is 5.41 Å². The SMILES string of the molecule is CCOC1CC(O)(CNc2cnc(C(=O)O)cn2)C1(C)C. The van der Waals surface area contributed by atoms with Crippen LogP contribution in [0.5, 0.6) is 0 Å². The number of rotatable bonds is 6. The maximum atomic E-state index is 10.7. The minimum atomic E-state index is -1.12. The van der Waals surface area contributed by atoms with Gasteiger partial charge in [-0.2, -0.15) is 0 Å². The van der Waals surface area contributed by atoms with Gasteiger partial charge in [-0.15, -0.1) is 0 Å². The van der Waals surface area contributed by atoms with E-state index in [9.17, 15) is 9.90 Å². The van der Waals surface area contributed by atoms with Crippen molar-refractivity contribution >= 4 is 11.8 Å². The number of carboxylic acids is 1. The van der Waals surface area contributed by atoms with Crippen LogP contribution in [0.4, 0.5) is 5.82 Å². The number of aromatic nitrogens is 2. The summed E-state index contributed by atoms with van der Waals surface area (Å²) in [5.41, 5.74) is -1.36. The van der Waals surface area contributed by atoms with Crippen molar-refractivity contribution in [3.05, 3.63) is 18.1 Å². The van der Waals surface area contributed by atoms with Crippen molar-refractivity contribution in [3.8, 4) is 0 Å². The Morgan fingerprint density at radius 3 is 2.67 bits per heavy atom. The normalized spacial score (nSPS) is 27.0. The van der Waals surface area contributed by atoms with Gasteiger partial charge in [0.05, 0.1) is 24.1 Å². The Balaban J connectivity index is 1.95. The molecule has 0 aliphatic heterocycles. The number of anilines is 1. The smallest absolute Gasteiger partial charge is 0.356 e. The molecule has 3 N–H and O–H groups in total. The first kappa shape index (κ1) is 15.7. The number of nitrogens with zero attached hydrogens (tertiary/aromatic N) is 2. The lowest BCUT2D eigenvalue weighted by Gasteiger charge is -2.58. The third-order valence-corrected chi connectivity index (χ3v) is 4.33. The van der Waals surface area contributed by atoms with Crippen molar-refractivity contribution in [3.63, 3.8) is 0 Å². The van der Waals surface area contributed by atoms with Crippen molar-refractivity contribution in [2.45, 2.75) is 38.9 Å². The van der Waals surface area contributed by atoms with E-state index in [0.29, 0.717) is 25.4 Å². The highest BCUT2D eigenvalue weighted by molar-refractivity contribution is 5.84. The maximum Gasteiger partial charge on any atom is 0.356 e. The zero-order valence-electron chi connectivity index (χ0n) is 12.5. The van der Waals surface area contributed by atoms with Gasteiger partial charge in [0.1, 0.15) is 5.82 Å². The highest BCUT2D eigenvalue weighted by Gasteiger charge is 2.59. The fourth-order valence-corrected chi connectivity index (χ4v) is 2.53. The fourth-order valence-electron chi connectivity index (χ4n) is 2.53. The van der Waals surface area contributed by atoms with E-state index in [0.717, 1.165) is 0 Å². The number of hydrogen-bond donors (Lipinski definition) is 3. The van der Waals surface area contributed by atoms with E-state index < -0.39 is 11.6 Å². The number of carbonyl (C=O) groups is 1. The number of aromatic carboxylic acids is 1. The Morgan fingerprint density at radius 2 is 2.19 bits per heavy atom. The van der Waals surface area contributed by atoms with E-state index in [1.807, 2.05) is 20.8 Å². The van der Waals surface area contributed by atoms with E-state index in [-0.39, 0.29) is 17.2 Å².